The van der Waals surface area contributed by atoms with E-state index in [2.05, 4.69) is 25.4 Å². The third-order valence-corrected chi connectivity index (χ3v) is 8.91. The van der Waals surface area contributed by atoms with Crippen molar-refractivity contribution < 1.29 is 37.4 Å². The van der Waals surface area contributed by atoms with Gasteiger partial charge in [0.1, 0.15) is 24.0 Å². The summed E-state index contributed by atoms with van der Waals surface area (Å²) in [5.74, 6) is -0.122. The van der Waals surface area contributed by atoms with Gasteiger partial charge in [-0.25, -0.2) is 13.9 Å². The fraction of sp³-hybridized carbons (Fsp3) is 0.556. The van der Waals surface area contributed by atoms with E-state index in [1.165, 1.54) is 24.7 Å². The number of fused-ring (bicyclic) bond motifs is 1. The molecule has 1 saturated heterocycles. The number of para-hydroxylation sites is 1. The lowest BCUT2D eigenvalue weighted by Gasteiger charge is -2.25. The van der Waals surface area contributed by atoms with Crippen LogP contribution < -0.4 is 20.7 Å². The highest BCUT2D eigenvalue weighted by molar-refractivity contribution is 7.52. The molecule has 14 nitrogen and oxygen atoms in total. The van der Waals surface area contributed by atoms with Gasteiger partial charge < -0.3 is 30.2 Å². The maximum atomic E-state index is 16.2. The van der Waals surface area contributed by atoms with Crippen LogP contribution >= 0.6 is 7.75 Å². The lowest BCUT2D eigenvalue weighted by atomic mass is 9.98. The second-order valence-electron chi connectivity index (χ2n) is 11.6. The zero-order valence-corrected chi connectivity index (χ0v) is 25.5. The number of alkyl halides is 1. The van der Waals surface area contributed by atoms with Crippen molar-refractivity contribution >= 4 is 36.6 Å². The number of esters is 1. The monoisotopic (exact) mass is 621 g/mol. The third-order valence-electron chi connectivity index (χ3n) is 7.26. The van der Waals surface area contributed by atoms with Gasteiger partial charge in [-0.3, -0.25) is 13.9 Å². The number of nitrogen functional groups attached to an aromatic ring is 1. The van der Waals surface area contributed by atoms with E-state index in [4.69, 9.17) is 24.3 Å². The van der Waals surface area contributed by atoms with Crippen LogP contribution in [0.25, 0.3) is 11.2 Å². The van der Waals surface area contributed by atoms with Crippen molar-refractivity contribution in [2.45, 2.75) is 89.2 Å². The standard InChI is InChI=1S/C27H37FN7O7P/c1-15(2)40-23(37)16(3)34-43(38,42-17-9-7-6-8-10-17)39-13-18-20(36)27(5,28)24(41-18)35-14-30-19-21(33-26(4)11-12-26)31-25(29)32-22(19)35/h6-10,14-16,18,20,24,36H,11-13H2,1-5H3,(H,34,38)(H3,29,31,32,33)/t16-,18-,20-,24-,27-,43+/m1/s1. The Bertz CT molecular complexity index is 1520. The van der Waals surface area contributed by atoms with E-state index < -0.39 is 56.6 Å². The molecule has 2 aromatic heterocycles. The molecule has 3 heterocycles. The molecule has 16 heteroatoms. The number of nitrogens with one attached hydrogen (secondary N) is 2. The van der Waals surface area contributed by atoms with Crippen LogP contribution in [0.4, 0.5) is 16.2 Å². The maximum absolute atomic E-state index is 16.2. The molecule has 0 amide bonds. The summed E-state index contributed by atoms with van der Waals surface area (Å²) in [6, 6.07) is 7.08. The second kappa shape index (κ2) is 11.6. The fourth-order valence-electron chi connectivity index (χ4n) is 4.65. The van der Waals surface area contributed by atoms with Gasteiger partial charge in [0.15, 0.2) is 28.9 Å². The number of nitrogens with two attached hydrogens (primary N) is 1. The molecule has 234 valence electrons. The molecule has 5 rings (SSSR count). The molecule has 3 aromatic rings. The molecule has 1 aliphatic heterocycles. The average Bonchev–Trinajstić information content (AvgIpc) is 3.42. The number of aliphatic hydroxyl groups excluding tert-OH is 1. The number of nitrogens with zero attached hydrogens (tertiary/aromatic N) is 4. The summed E-state index contributed by atoms with van der Waals surface area (Å²) in [5, 5.41) is 16.8. The van der Waals surface area contributed by atoms with Crippen LogP contribution in [0, 0.1) is 0 Å². The van der Waals surface area contributed by atoms with Gasteiger partial charge >= 0.3 is 13.7 Å². The largest absolute Gasteiger partial charge is 0.462 e. The first-order valence-electron chi connectivity index (χ1n) is 14.0. The summed E-state index contributed by atoms with van der Waals surface area (Å²) in [6.45, 7) is 7.45. The first kappa shape index (κ1) is 31.1. The van der Waals surface area contributed by atoms with E-state index in [0.717, 1.165) is 12.8 Å². The molecule has 1 aliphatic carbocycles. The van der Waals surface area contributed by atoms with E-state index >= 15 is 4.39 Å². The number of hydrogen-bond donors (Lipinski definition) is 4. The SMILES string of the molecule is CC(C)OC(=O)[C@@H](C)N[P@](=O)(OC[C@H]1O[C@@H](n2cnc3c(NC4(C)CC4)nc(N)nc32)[C@](C)(F)[C@@H]1O)Oc1ccccc1. The summed E-state index contributed by atoms with van der Waals surface area (Å²) in [7, 11) is -4.29. The molecule has 6 atom stereocenters. The highest BCUT2D eigenvalue weighted by atomic mass is 31.2. The van der Waals surface area contributed by atoms with Crippen molar-refractivity contribution in [3.8, 4) is 5.75 Å². The Kier molecular flexibility index (Phi) is 8.40. The van der Waals surface area contributed by atoms with Crippen LogP contribution in [0.15, 0.2) is 36.7 Å². The van der Waals surface area contributed by atoms with Crippen molar-refractivity contribution in [2.75, 3.05) is 17.7 Å². The number of rotatable bonds is 12. The van der Waals surface area contributed by atoms with Crippen molar-refractivity contribution in [2.24, 2.45) is 0 Å². The zero-order chi connectivity index (χ0) is 31.2. The number of aliphatic hydroxyl groups is 1. The van der Waals surface area contributed by atoms with E-state index in [1.54, 1.807) is 44.2 Å². The topological polar surface area (TPSA) is 185 Å². The van der Waals surface area contributed by atoms with Crippen LogP contribution in [0.1, 0.15) is 53.7 Å². The maximum Gasteiger partial charge on any atom is 0.459 e. The van der Waals surface area contributed by atoms with E-state index in [1.807, 2.05) is 6.92 Å². The Hall–Kier alpha value is -3.36. The Morgan fingerprint density at radius 3 is 2.60 bits per heavy atom. The first-order chi connectivity index (χ1) is 20.2. The molecule has 5 N–H and O–H groups in total. The molecule has 1 saturated carbocycles. The predicted octanol–water partition coefficient (Wildman–Crippen LogP) is 3.49. The van der Waals surface area contributed by atoms with Crippen LogP contribution in [-0.4, -0.2) is 72.8 Å². The van der Waals surface area contributed by atoms with Gasteiger partial charge in [0.05, 0.1) is 19.0 Å². The molecule has 2 aliphatic rings. The number of halogens is 1. The highest BCUT2D eigenvalue weighted by Gasteiger charge is 2.56. The zero-order valence-electron chi connectivity index (χ0n) is 24.6. The molecule has 0 unspecified atom stereocenters. The molecular weight excluding hydrogens is 584 g/mol. The molecule has 43 heavy (non-hydrogen) atoms. The van der Waals surface area contributed by atoms with Gasteiger partial charge in [0.25, 0.3) is 0 Å². The molecule has 0 bridgehead atoms. The normalized spacial score (nSPS) is 26.7. The Labute approximate surface area is 248 Å². The van der Waals surface area contributed by atoms with Gasteiger partial charge in [-0.1, -0.05) is 18.2 Å². The molecule has 0 radical (unpaired) electrons. The average molecular weight is 622 g/mol. The number of hydrogen-bond acceptors (Lipinski definition) is 12. The van der Waals surface area contributed by atoms with Gasteiger partial charge in [-0.2, -0.15) is 15.1 Å². The second-order valence-corrected chi connectivity index (χ2v) is 13.3. The number of imidazole rings is 1. The number of aromatic nitrogens is 4. The smallest absolute Gasteiger partial charge is 0.459 e. The Morgan fingerprint density at radius 2 is 1.95 bits per heavy atom. The fourth-order valence-corrected chi connectivity index (χ4v) is 6.15. The van der Waals surface area contributed by atoms with E-state index in [-0.39, 0.29) is 22.9 Å². The summed E-state index contributed by atoms with van der Waals surface area (Å²) in [6.07, 6.45) is -1.58. The van der Waals surface area contributed by atoms with Crippen LogP contribution in [0.2, 0.25) is 0 Å². The minimum absolute atomic E-state index is 0.0461. The van der Waals surface area contributed by atoms with Crippen molar-refractivity contribution in [1.82, 2.24) is 24.6 Å². The van der Waals surface area contributed by atoms with Gasteiger partial charge in [0, 0.05) is 5.54 Å². The van der Waals surface area contributed by atoms with Crippen LogP contribution in [0.5, 0.6) is 5.75 Å². The Morgan fingerprint density at radius 1 is 1.26 bits per heavy atom. The number of ether oxygens (including phenoxy) is 2. The van der Waals surface area contributed by atoms with Crippen molar-refractivity contribution in [3.63, 3.8) is 0 Å². The Balaban J connectivity index is 1.36. The third kappa shape index (κ3) is 6.75. The predicted molar refractivity (Wildman–Crippen MR) is 155 cm³/mol. The molecule has 0 spiro atoms. The van der Waals surface area contributed by atoms with Crippen molar-refractivity contribution in [1.29, 1.82) is 0 Å². The lowest BCUT2D eigenvalue weighted by molar-refractivity contribution is -0.149. The molecule has 1 aromatic carbocycles. The summed E-state index contributed by atoms with van der Waals surface area (Å²) in [5.41, 5.74) is 4.04. The van der Waals surface area contributed by atoms with Crippen LogP contribution in [-0.2, 0) is 23.4 Å². The summed E-state index contributed by atoms with van der Waals surface area (Å²) in [4.78, 5) is 25.3. The lowest BCUT2D eigenvalue weighted by Crippen LogP contribution is -2.41. The summed E-state index contributed by atoms with van der Waals surface area (Å²) >= 11 is 0. The van der Waals surface area contributed by atoms with Crippen LogP contribution in [0.3, 0.4) is 0 Å². The summed E-state index contributed by atoms with van der Waals surface area (Å²) < 4.78 is 53.7. The molecular formula is C27H37FN7O7P. The van der Waals surface area contributed by atoms with E-state index in [0.29, 0.717) is 11.3 Å². The quantitative estimate of drug-likeness (QED) is 0.170. The first-order valence-corrected chi connectivity index (χ1v) is 15.5. The van der Waals surface area contributed by atoms with Gasteiger partial charge in [-0.15, -0.1) is 0 Å². The molecule has 2 fully saturated rings. The number of carbonyl (C=O) groups is 1. The highest BCUT2D eigenvalue weighted by Crippen LogP contribution is 2.48. The van der Waals surface area contributed by atoms with Gasteiger partial charge in [0.2, 0.25) is 5.95 Å². The van der Waals surface area contributed by atoms with Crippen molar-refractivity contribution in [3.05, 3.63) is 36.7 Å². The number of carbonyl (C=O) groups excluding carboxylic acids is 1. The minimum atomic E-state index is -4.29. The number of anilines is 2. The number of benzene rings is 1. The van der Waals surface area contributed by atoms with E-state index in [9.17, 15) is 14.5 Å². The minimum Gasteiger partial charge on any atom is -0.462 e. The van der Waals surface area contributed by atoms with Gasteiger partial charge in [-0.05, 0) is 59.6 Å².